The van der Waals surface area contributed by atoms with Gasteiger partial charge in [-0.1, -0.05) is 97.9 Å². The van der Waals surface area contributed by atoms with Crippen molar-refractivity contribution < 1.29 is 4.79 Å². The summed E-state index contributed by atoms with van der Waals surface area (Å²) in [5.41, 5.74) is 2.76. The number of carbonyl (C=O) groups excluding carboxylic acids is 1. The summed E-state index contributed by atoms with van der Waals surface area (Å²) in [6, 6.07) is 30.1. The smallest absolute Gasteiger partial charge is 0.164 e. The summed E-state index contributed by atoms with van der Waals surface area (Å²) in [5, 5.41) is 0. The van der Waals surface area contributed by atoms with Gasteiger partial charge in [-0.15, -0.1) is 0 Å². The zero-order chi connectivity index (χ0) is 16.1. The van der Waals surface area contributed by atoms with Gasteiger partial charge in [0.25, 0.3) is 0 Å². The largest absolute Gasteiger partial charge is 0.294 e. The summed E-state index contributed by atoms with van der Waals surface area (Å²) in [4.78, 5) is 12.8. The standard InChI is InChI=1S/C22H20O/c1-22(19-13-7-3-8-14-19,20-15-9-4-10-16-20)17-21(23)18-11-5-2-6-12-18/h2-16H,17H2,1H3. The molecule has 1 nitrogen and oxygen atoms in total. The summed E-state index contributed by atoms with van der Waals surface area (Å²) in [7, 11) is 0. The van der Waals surface area contributed by atoms with Crippen molar-refractivity contribution in [2.75, 3.05) is 0 Å². The Labute approximate surface area is 137 Å². The fourth-order valence-corrected chi connectivity index (χ4v) is 3.03. The molecule has 0 fully saturated rings. The van der Waals surface area contributed by atoms with Crippen LogP contribution in [0.15, 0.2) is 91.0 Å². The zero-order valence-corrected chi connectivity index (χ0v) is 13.3. The van der Waals surface area contributed by atoms with Crippen LogP contribution in [0, 0.1) is 0 Å². The maximum absolute atomic E-state index is 12.8. The van der Waals surface area contributed by atoms with Gasteiger partial charge in [-0.3, -0.25) is 4.79 Å². The molecule has 3 rings (SSSR count). The Kier molecular flexibility index (Phi) is 4.38. The van der Waals surface area contributed by atoms with Crippen molar-refractivity contribution in [2.45, 2.75) is 18.8 Å². The molecule has 0 saturated heterocycles. The third kappa shape index (κ3) is 3.24. The van der Waals surface area contributed by atoms with Crippen LogP contribution < -0.4 is 0 Å². The van der Waals surface area contributed by atoms with E-state index in [9.17, 15) is 4.79 Å². The van der Waals surface area contributed by atoms with Gasteiger partial charge in [0.1, 0.15) is 0 Å². The molecule has 114 valence electrons. The second-order valence-electron chi connectivity index (χ2n) is 6.03. The predicted molar refractivity (Wildman–Crippen MR) is 94.7 cm³/mol. The molecule has 0 aromatic heterocycles. The number of benzene rings is 3. The first kappa shape index (κ1) is 15.2. The first-order chi connectivity index (χ1) is 11.2. The summed E-state index contributed by atoms with van der Waals surface area (Å²) in [6.07, 6.45) is 0.449. The average molecular weight is 300 g/mol. The summed E-state index contributed by atoms with van der Waals surface area (Å²) in [5.74, 6) is 0.167. The topological polar surface area (TPSA) is 17.1 Å². The first-order valence-corrected chi connectivity index (χ1v) is 7.89. The molecule has 3 aromatic carbocycles. The molecule has 0 saturated carbocycles. The lowest BCUT2D eigenvalue weighted by Crippen LogP contribution is -2.27. The van der Waals surface area contributed by atoms with Crippen LogP contribution in [-0.2, 0) is 5.41 Å². The summed E-state index contributed by atoms with van der Waals surface area (Å²) < 4.78 is 0. The molecule has 23 heavy (non-hydrogen) atoms. The number of Topliss-reactive ketones (excluding diaryl/α,β-unsaturated/α-hetero) is 1. The number of carbonyl (C=O) groups is 1. The van der Waals surface area contributed by atoms with Crippen molar-refractivity contribution in [3.63, 3.8) is 0 Å². The van der Waals surface area contributed by atoms with E-state index in [4.69, 9.17) is 0 Å². The molecule has 0 N–H and O–H groups in total. The van der Waals surface area contributed by atoms with Crippen molar-refractivity contribution in [1.82, 2.24) is 0 Å². The van der Waals surface area contributed by atoms with Crippen LogP contribution in [0.5, 0.6) is 0 Å². The maximum atomic E-state index is 12.8. The van der Waals surface area contributed by atoms with Crippen LogP contribution in [0.4, 0.5) is 0 Å². The Bertz CT molecular complexity index is 721. The van der Waals surface area contributed by atoms with E-state index in [1.54, 1.807) is 0 Å². The molecule has 0 unspecified atom stereocenters. The van der Waals surface area contributed by atoms with E-state index in [0.29, 0.717) is 6.42 Å². The second-order valence-corrected chi connectivity index (χ2v) is 6.03. The molecule has 0 heterocycles. The van der Waals surface area contributed by atoms with Gasteiger partial charge in [0, 0.05) is 17.4 Å². The van der Waals surface area contributed by atoms with E-state index in [0.717, 1.165) is 16.7 Å². The molecule has 0 atom stereocenters. The highest BCUT2D eigenvalue weighted by Gasteiger charge is 2.31. The Morgan fingerprint density at radius 2 is 1.09 bits per heavy atom. The van der Waals surface area contributed by atoms with E-state index in [1.165, 1.54) is 0 Å². The highest BCUT2D eigenvalue weighted by atomic mass is 16.1. The Morgan fingerprint density at radius 3 is 1.52 bits per heavy atom. The van der Waals surface area contributed by atoms with Gasteiger partial charge in [0.15, 0.2) is 5.78 Å². The zero-order valence-electron chi connectivity index (χ0n) is 13.3. The summed E-state index contributed by atoms with van der Waals surface area (Å²) >= 11 is 0. The van der Waals surface area contributed by atoms with Crippen LogP contribution in [0.2, 0.25) is 0 Å². The molecule has 0 amide bonds. The van der Waals surface area contributed by atoms with E-state index < -0.39 is 0 Å². The van der Waals surface area contributed by atoms with E-state index in [2.05, 4.69) is 31.2 Å². The number of ketones is 1. The number of rotatable bonds is 5. The van der Waals surface area contributed by atoms with Crippen molar-refractivity contribution >= 4 is 5.78 Å². The van der Waals surface area contributed by atoms with Gasteiger partial charge < -0.3 is 0 Å². The van der Waals surface area contributed by atoms with E-state index >= 15 is 0 Å². The van der Waals surface area contributed by atoms with Gasteiger partial charge in [-0.05, 0) is 11.1 Å². The SMILES string of the molecule is CC(CC(=O)c1ccccc1)(c1ccccc1)c1ccccc1. The minimum absolute atomic E-state index is 0.167. The molecule has 0 spiro atoms. The molecule has 0 aliphatic heterocycles. The van der Waals surface area contributed by atoms with Gasteiger partial charge in [-0.25, -0.2) is 0 Å². The van der Waals surface area contributed by atoms with Gasteiger partial charge >= 0.3 is 0 Å². The van der Waals surface area contributed by atoms with E-state index in [-0.39, 0.29) is 11.2 Å². The molecular formula is C22H20O. The van der Waals surface area contributed by atoms with Crippen molar-refractivity contribution in [2.24, 2.45) is 0 Å². The minimum Gasteiger partial charge on any atom is -0.294 e. The maximum Gasteiger partial charge on any atom is 0.164 e. The van der Waals surface area contributed by atoms with Crippen molar-refractivity contribution in [3.05, 3.63) is 108 Å². The Morgan fingerprint density at radius 1 is 0.696 bits per heavy atom. The third-order valence-corrected chi connectivity index (χ3v) is 4.43. The van der Waals surface area contributed by atoms with Gasteiger partial charge in [-0.2, -0.15) is 0 Å². The lowest BCUT2D eigenvalue weighted by Gasteiger charge is -2.30. The van der Waals surface area contributed by atoms with Crippen molar-refractivity contribution in [1.29, 1.82) is 0 Å². The average Bonchev–Trinajstić information content (AvgIpc) is 2.64. The molecule has 3 aromatic rings. The molecule has 1 heteroatoms. The quantitative estimate of drug-likeness (QED) is 0.587. The van der Waals surface area contributed by atoms with E-state index in [1.807, 2.05) is 66.7 Å². The molecule has 0 aliphatic carbocycles. The summed E-state index contributed by atoms with van der Waals surface area (Å²) in [6.45, 7) is 2.15. The fourth-order valence-electron chi connectivity index (χ4n) is 3.03. The van der Waals surface area contributed by atoms with Crippen LogP contribution >= 0.6 is 0 Å². The molecule has 0 radical (unpaired) electrons. The van der Waals surface area contributed by atoms with Crippen LogP contribution in [0.1, 0.15) is 34.8 Å². The highest BCUT2D eigenvalue weighted by molar-refractivity contribution is 5.97. The predicted octanol–water partition coefficient (Wildman–Crippen LogP) is 5.27. The molecule has 0 bridgehead atoms. The van der Waals surface area contributed by atoms with Crippen LogP contribution in [-0.4, -0.2) is 5.78 Å². The van der Waals surface area contributed by atoms with Crippen LogP contribution in [0.3, 0.4) is 0 Å². The second kappa shape index (κ2) is 6.62. The number of hydrogen-bond donors (Lipinski definition) is 0. The monoisotopic (exact) mass is 300 g/mol. The lowest BCUT2D eigenvalue weighted by molar-refractivity contribution is 0.0962. The first-order valence-electron chi connectivity index (χ1n) is 7.89. The van der Waals surface area contributed by atoms with Crippen LogP contribution in [0.25, 0.3) is 0 Å². The number of hydrogen-bond acceptors (Lipinski definition) is 1. The lowest BCUT2D eigenvalue weighted by atomic mass is 9.72. The fraction of sp³-hybridized carbons (Fsp3) is 0.136. The minimum atomic E-state index is -0.338. The molecular weight excluding hydrogens is 280 g/mol. The Balaban J connectivity index is 2.01. The highest BCUT2D eigenvalue weighted by Crippen LogP contribution is 2.36. The van der Waals surface area contributed by atoms with Gasteiger partial charge in [0.2, 0.25) is 0 Å². The van der Waals surface area contributed by atoms with Crippen molar-refractivity contribution in [3.8, 4) is 0 Å². The Hall–Kier alpha value is -2.67. The third-order valence-electron chi connectivity index (χ3n) is 4.43. The molecule has 0 aliphatic rings. The normalized spacial score (nSPS) is 11.2. The van der Waals surface area contributed by atoms with Gasteiger partial charge in [0.05, 0.1) is 0 Å².